The minimum Gasteiger partial charge on any atom is -0.495 e. The molecule has 0 fully saturated rings. The Labute approximate surface area is 217 Å². The number of anilines is 2. The van der Waals surface area contributed by atoms with Crippen molar-refractivity contribution >= 4 is 27.1 Å². The van der Waals surface area contributed by atoms with Crippen molar-refractivity contribution in [1.82, 2.24) is 10.4 Å². The lowest BCUT2D eigenvalue weighted by molar-refractivity contribution is -0.119. The highest BCUT2D eigenvalue weighted by Crippen LogP contribution is 2.39. The summed E-state index contributed by atoms with van der Waals surface area (Å²) in [5.74, 6) is 0.253. The molecule has 198 valence electrons. The van der Waals surface area contributed by atoms with Crippen LogP contribution in [0.15, 0.2) is 70.7 Å². The molecule has 3 aromatic rings. The molecule has 0 aliphatic carbocycles. The molecule has 0 saturated carbocycles. The number of amides is 1. The van der Waals surface area contributed by atoms with Crippen molar-refractivity contribution in [3.05, 3.63) is 66.5 Å². The maximum absolute atomic E-state index is 13.9. The first-order chi connectivity index (χ1) is 17.8. The molecule has 37 heavy (non-hydrogen) atoms. The number of hydrazine groups is 1. The van der Waals surface area contributed by atoms with Crippen LogP contribution in [0.1, 0.15) is 18.9 Å². The van der Waals surface area contributed by atoms with Gasteiger partial charge in [-0.15, -0.1) is 0 Å². The Morgan fingerprint density at radius 3 is 2.54 bits per heavy atom. The number of benzene rings is 2. The van der Waals surface area contributed by atoms with Crippen molar-refractivity contribution in [1.29, 1.82) is 0 Å². The number of nitrogens with one attached hydrogen (secondary N) is 2. The van der Waals surface area contributed by atoms with Gasteiger partial charge in [0.1, 0.15) is 27.9 Å². The van der Waals surface area contributed by atoms with Gasteiger partial charge < -0.3 is 19.9 Å². The first kappa shape index (κ1) is 27.8. The summed E-state index contributed by atoms with van der Waals surface area (Å²) in [6, 6.07) is 13.3. The first-order valence-electron chi connectivity index (χ1n) is 11.7. The fraction of sp³-hybridized carbons (Fsp3) is 0.308. The number of aryl methyl sites for hydroxylation is 1. The van der Waals surface area contributed by atoms with Crippen molar-refractivity contribution in [2.45, 2.75) is 30.1 Å². The zero-order valence-corrected chi connectivity index (χ0v) is 21.9. The zero-order valence-electron chi connectivity index (χ0n) is 21.1. The van der Waals surface area contributed by atoms with E-state index in [-0.39, 0.29) is 40.3 Å². The predicted octanol–water partition coefficient (Wildman–Crippen LogP) is 2.96. The SMILES string of the molecule is COc1ccccc1S(=O)(=O)c1c(C)cc(OCCNc2ccncc2)cc1N(CCCO)NC(C)=O. The fourth-order valence-electron chi connectivity index (χ4n) is 3.80. The summed E-state index contributed by atoms with van der Waals surface area (Å²) in [7, 11) is -2.67. The molecule has 2 aromatic carbocycles. The van der Waals surface area contributed by atoms with E-state index in [1.54, 1.807) is 49.6 Å². The molecule has 3 N–H and O–H groups in total. The van der Waals surface area contributed by atoms with Crippen molar-refractivity contribution in [3.8, 4) is 11.5 Å². The Kier molecular flexibility index (Phi) is 9.70. The maximum Gasteiger partial charge on any atom is 0.235 e. The highest BCUT2D eigenvalue weighted by Gasteiger charge is 2.30. The lowest BCUT2D eigenvalue weighted by Gasteiger charge is -2.28. The van der Waals surface area contributed by atoms with Crippen LogP contribution in [-0.2, 0) is 14.6 Å². The van der Waals surface area contributed by atoms with Crippen LogP contribution in [0.25, 0.3) is 0 Å². The van der Waals surface area contributed by atoms with Gasteiger partial charge in [-0.2, -0.15) is 0 Å². The number of hydrogen-bond donors (Lipinski definition) is 3. The second-order valence-corrected chi connectivity index (χ2v) is 10.0. The number of pyridine rings is 1. The summed E-state index contributed by atoms with van der Waals surface area (Å²) in [6.07, 6.45) is 3.67. The molecule has 0 atom stereocenters. The quantitative estimate of drug-likeness (QED) is 0.226. The number of aliphatic hydroxyl groups is 1. The van der Waals surface area contributed by atoms with Crippen LogP contribution in [0.4, 0.5) is 11.4 Å². The van der Waals surface area contributed by atoms with Crippen molar-refractivity contribution in [3.63, 3.8) is 0 Å². The summed E-state index contributed by atoms with van der Waals surface area (Å²) < 4.78 is 39.1. The summed E-state index contributed by atoms with van der Waals surface area (Å²) in [5, 5.41) is 14.1. The zero-order chi connectivity index (χ0) is 26.8. The standard InChI is InChI=1S/C26H32N4O6S/c1-19-17-22(36-16-13-28-21-9-11-27-12-10-21)18-23(30(14-6-15-31)29-20(2)32)26(19)37(33,34)25-8-5-4-7-24(25)35-3/h4-5,7-12,17-18,31H,6,13-16H2,1-3H3,(H,27,28)(H,29,32). The molecule has 0 spiro atoms. The summed E-state index contributed by atoms with van der Waals surface area (Å²) in [4.78, 5) is 16.0. The molecule has 0 bridgehead atoms. The third-order valence-corrected chi connectivity index (χ3v) is 7.34. The lowest BCUT2D eigenvalue weighted by Crippen LogP contribution is -2.43. The Morgan fingerprint density at radius 1 is 1.14 bits per heavy atom. The van der Waals surface area contributed by atoms with Gasteiger partial charge in [-0.1, -0.05) is 12.1 Å². The number of nitrogens with zero attached hydrogens (tertiary/aromatic N) is 2. The number of aromatic nitrogens is 1. The molecule has 3 rings (SSSR count). The molecular weight excluding hydrogens is 496 g/mol. The van der Waals surface area contributed by atoms with E-state index in [2.05, 4.69) is 15.7 Å². The molecule has 10 nitrogen and oxygen atoms in total. The van der Waals surface area contributed by atoms with Crippen molar-refractivity contribution in [2.75, 3.05) is 43.7 Å². The number of hydrogen-bond acceptors (Lipinski definition) is 9. The molecule has 0 radical (unpaired) electrons. The molecule has 0 aliphatic rings. The monoisotopic (exact) mass is 528 g/mol. The molecule has 0 unspecified atom stereocenters. The van der Waals surface area contributed by atoms with Gasteiger partial charge >= 0.3 is 0 Å². The smallest absolute Gasteiger partial charge is 0.235 e. The average molecular weight is 529 g/mol. The van der Waals surface area contributed by atoms with E-state index in [1.807, 2.05) is 12.1 Å². The number of aliphatic hydroxyl groups excluding tert-OH is 1. The van der Waals surface area contributed by atoms with Gasteiger partial charge in [0.25, 0.3) is 0 Å². The van der Waals surface area contributed by atoms with Gasteiger partial charge in [-0.25, -0.2) is 8.42 Å². The Balaban J connectivity index is 2.02. The Hall–Kier alpha value is -3.83. The lowest BCUT2D eigenvalue weighted by atomic mass is 10.2. The van der Waals surface area contributed by atoms with Crippen LogP contribution in [-0.4, -0.2) is 57.8 Å². The van der Waals surface area contributed by atoms with E-state index in [0.29, 0.717) is 30.9 Å². The van der Waals surface area contributed by atoms with E-state index in [1.165, 1.54) is 25.1 Å². The molecule has 0 aliphatic heterocycles. The van der Waals surface area contributed by atoms with Gasteiger partial charge in [0.05, 0.1) is 12.8 Å². The summed E-state index contributed by atoms with van der Waals surface area (Å²) >= 11 is 0. The van der Waals surface area contributed by atoms with Crippen LogP contribution in [0.2, 0.25) is 0 Å². The number of ether oxygens (including phenoxy) is 2. The van der Waals surface area contributed by atoms with Gasteiger partial charge in [0, 0.05) is 50.8 Å². The first-order valence-corrected chi connectivity index (χ1v) is 13.2. The van der Waals surface area contributed by atoms with E-state index in [0.717, 1.165) is 5.69 Å². The van der Waals surface area contributed by atoms with Crippen LogP contribution in [0, 0.1) is 6.92 Å². The van der Waals surface area contributed by atoms with E-state index < -0.39 is 9.84 Å². The highest BCUT2D eigenvalue weighted by atomic mass is 32.2. The highest BCUT2D eigenvalue weighted by molar-refractivity contribution is 7.91. The van der Waals surface area contributed by atoms with Crippen molar-refractivity contribution < 1.29 is 27.8 Å². The number of sulfone groups is 1. The van der Waals surface area contributed by atoms with Gasteiger partial charge in [0.2, 0.25) is 15.7 Å². The topological polar surface area (TPSA) is 130 Å². The number of methoxy groups -OCH3 is 1. The normalized spacial score (nSPS) is 11.0. The minimum atomic E-state index is -4.08. The van der Waals surface area contributed by atoms with Crippen LogP contribution < -0.4 is 25.2 Å². The maximum atomic E-state index is 13.9. The second kappa shape index (κ2) is 12.9. The molecule has 1 heterocycles. The Bertz CT molecular complexity index is 1300. The van der Waals surface area contributed by atoms with Crippen molar-refractivity contribution in [2.24, 2.45) is 0 Å². The molecule has 11 heteroatoms. The van der Waals surface area contributed by atoms with Crippen LogP contribution >= 0.6 is 0 Å². The number of carbonyl (C=O) groups is 1. The average Bonchev–Trinajstić information content (AvgIpc) is 2.89. The number of carbonyl (C=O) groups excluding carboxylic acids is 1. The van der Waals surface area contributed by atoms with E-state index in [4.69, 9.17) is 9.47 Å². The third kappa shape index (κ3) is 7.11. The molecule has 1 aromatic heterocycles. The molecule has 0 saturated heterocycles. The predicted molar refractivity (Wildman–Crippen MR) is 141 cm³/mol. The molecular formula is C26H32N4O6S. The number of para-hydroxylation sites is 1. The fourth-order valence-corrected chi connectivity index (χ4v) is 5.62. The summed E-state index contributed by atoms with van der Waals surface area (Å²) in [5.41, 5.74) is 4.24. The van der Waals surface area contributed by atoms with Gasteiger partial charge in [-0.3, -0.25) is 20.2 Å². The van der Waals surface area contributed by atoms with Gasteiger partial charge in [-0.05, 0) is 49.2 Å². The third-order valence-electron chi connectivity index (χ3n) is 5.36. The number of rotatable bonds is 13. The largest absolute Gasteiger partial charge is 0.495 e. The van der Waals surface area contributed by atoms with Crippen LogP contribution in [0.3, 0.4) is 0 Å². The minimum absolute atomic E-state index is 0.00185. The van der Waals surface area contributed by atoms with E-state index >= 15 is 0 Å². The van der Waals surface area contributed by atoms with Crippen LogP contribution in [0.5, 0.6) is 11.5 Å². The van der Waals surface area contributed by atoms with E-state index in [9.17, 15) is 18.3 Å². The Morgan fingerprint density at radius 2 is 1.86 bits per heavy atom. The van der Waals surface area contributed by atoms with Gasteiger partial charge in [0.15, 0.2) is 0 Å². The summed E-state index contributed by atoms with van der Waals surface area (Å²) in [6.45, 7) is 3.85. The molecule has 1 amide bonds. The second-order valence-electron chi connectivity index (χ2n) is 8.15.